The summed E-state index contributed by atoms with van der Waals surface area (Å²) in [6.45, 7) is 12.8. The van der Waals surface area contributed by atoms with Crippen LogP contribution in [0.25, 0.3) is 0 Å². The molecule has 0 aromatic heterocycles. The molecule has 0 bridgehead atoms. The SMILES string of the molecule is C=CCOC12Oc3ccc(O)cc3C3C(CCCCO)C(CCCCO)C=C(C(=NOCc4ccc([N+](=O)[O-])cc4)CC1N(CCC)C(=O)OCC(C)(C)C)C32. The molecule has 1 heterocycles. The van der Waals surface area contributed by atoms with E-state index in [1.165, 1.54) is 12.1 Å². The van der Waals surface area contributed by atoms with Gasteiger partial charge in [-0.25, -0.2) is 4.79 Å². The third-order valence-electron chi connectivity index (χ3n) is 10.9. The van der Waals surface area contributed by atoms with Crippen LogP contribution in [0.3, 0.4) is 0 Å². The van der Waals surface area contributed by atoms with Crippen LogP contribution in [-0.4, -0.2) is 81.7 Å². The first-order valence-corrected chi connectivity index (χ1v) is 19.9. The summed E-state index contributed by atoms with van der Waals surface area (Å²) in [6, 6.07) is 10.5. The van der Waals surface area contributed by atoms with Gasteiger partial charge in [-0.3, -0.25) is 15.0 Å². The highest BCUT2D eigenvalue weighted by Gasteiger charge is 2.65. The van der Waals surface area contributed by atoms with Gasteiger partial charge in [0.15, 0.2) is 0 Å². The van der Waals surface area contributed by atoms with Gasteiger partial charge in [0.05, 0.1) is 29.8 Å². The van der Waals surface area contributed by atoms with Crippen molar-refractivity contribution in [3.05, 3.63) is 88.0 Å². The first kappa shape index (κ1) is 42.7. The maximum Gasteiger partial charge on any atom is 0.410 e. The van der Waals surface area contributed by atoms with Gasteiger partial charge in [-0.05, 0) is 90.8 Å². The predicted octanol–water partition coefficient (Wildman–Crippen LogP) is 8.03. The van der Waals surface area contributed by atoms with Crippen molar-refractivity contribution in [2.45, 2.75) is 103 Å². The van der Waals surface area contributed by atoms with Gasteiger partial charge in [-0.15, -0.1) is 6.58 Å². The number of aliphatic hydroxyl groups is 2. The van der Waals surface area contributed by atoms with E-state index in [-0.39, 0.29) is 74.1 Å². The van der Waals surface area contributed by atoms with E-state index in [1.807, 2.05) is 27.7 Å². The smallest absolute Gasteiger partial charge is 0.410 e. The van der Waals surface area contributed by atoms with Gasteiger partial charge < -0.3 is 34.4 Å². The van der Waals surface area contributed by atoms with Crippen LogP contribution in [0.5, 0.6) is 11.5 Å². The van der Waals surface area contributed by atoms with E-state index in [9.17, 15) is 30.2 Å². The Morgan fingerprint density at radius 2 is 1.82 bits per heavy atom. The molecule has 1 saturated carbocycles. The molecule has 3 N–H and O–H groups in total. The number of carbonyl (C=O) groups is 1. The first-order chi connectivity index (χ1) is 26.9. The van der Waals surface area contributed by atoms with Crippen LogP contribution in [0.1, 0.15) is 96.1 Å². The molecule has 56 heavy (non-hydrogen) atoms. The number of carbonyl (C=O) groups excluding carboxylic acids is 1. The molecule has 1 aliphatic heterocycles. The van der Waals surface area contributed by atoms with Crippen molar-refractivity contribution in [1.82, 2.24) is 4.90 Å². The van der Waals surface area contributed by atoms with Crippen LogP contribution in [0.2, 0.25) is 0 Å². The van der Waals surface area contributed by atoms with Crippen LogP contribution in [-0.2, 0) is 20.9 Å². The van der Waals surface area contributed by atoms with Crippen LogP contribution >= 0.6 is 0 Å². The Bertz CT molecular complexity index is 1720. The van der Waals surface area contributed by atoms with Crippen LogP contribution in [0.15, 0.2) is 71.9 Å². The molecule has 2 aromatic carbocycles. The zero-order chi connectivity index (χ0) is 40.5. The lowest BCUT2D eigenvalue weighted by atomic mass is 9.55. The van der Waals surface area contributed by atoms with E-state index in [1.54, 1.807) is 41.3 Å². The van der Waals surface area contributed by atoms with Gasteiger partial charge in [0.1, 0.15) is 24.1 Å². The number of nitro groups is 1. The molecule has 0 radical (unpaired) electrons. The number of aliphatic hydroxyl groups excluding tert-OH is 2. The van der Waals surface area contributed by atoms with E-state index >= 15 is 0 Å². The van der Waals surface area contributed by atoms with Crippen molar-refractivity contribution in [2.75, 3.05) is 33.0 Å². The fraction of sp³-hybridized carbons (Fsp3) is 0.581. The van der Waals surface area contributed by atoms with Crippen molar-refractivity contribution in [2.24, 2.45) is 28.3 Å². The molecule has 13 nitrogen and oxygen atoms in total. The molecule has 306 valence electrons. The zero-order valence-corrected chi connectivity index (χ0v) is 33.2. The van der Waals surface area contributed by atoms with Crippen LogP contribution < -0.4 is 4.74 Å². The van der Waals surface area contributed by atoms with E-state index in [4.69, 9.17) is 24.2 Å². The molecular formula is C43H59N3O10. The van der Waals surface area contributed by atoms with Gasteiger partial charge >= 0.3 is 6.09 Å². The third kappa shape index (κ3) is 9.73. The summed E-state index contributed by atoms with van der Waals surface area (Å²) in [7, 11) is 0. The van der Waals surface area contributed by atoms with E-state index < -0.39 is 28.8 Å². The average Bonchev–Trinajstić information content (AvgIpc) is 3.17. The second-order valence-corrected chi connectivity index (χ2v) is 16.3. The number of hydrogen-bond donors (Lipinski definition) is 3. The summed E-state index contributed by atoms with van der Waals surface area (Å²) >= 11 is 0. The highest BCUT2D eigenvalue weighted by atomic mass is 16.7. The number of nitrogens with zero attached hydrogens (tertiary/aromatic N) is 3. The largest absolute Gasteiger partial charge is 0.508 e. The molecule has 6 unspecified atom stereocenters. The Morgan fingerprint density at radius 3 is 2.46 bits per heavy atom. The molecular weight excluding hydrogens is 718 g/mol. The number of allylic oxidation sites excluding steroid dienone is 1. The zero-order valence-electron chi connectivity index (χ0n) is 33.2. The summed E-state index contributed by atoms with van der Waals surface area (Å²) in [5.74, 6) is -1.55. The van der Waals surface area contributed by atoms with Gasteiger partial charge in [0.25, 0.3) is 5.69 Å². The Kier molecular flexibility index (Phi) is 14.6. The molecule has 5 rings (SSSR count). The Morgan fingerprint density at radius 1 is 1.11 bits per heavy atom. The number of phenols is 1. The Balaban J connectivity index is 1.72. The molecule has 2 aromatic rings. The molecule has 0 spiro atoms. The maximum atomic E-state index is 14.3. The summed E-state index contributed by atoms with van der Waals surface area (Å²) in [5, 5.41) is 46.5. The molecule has 2 aliphatic carbocycles. The number of oxime groups is 1. The summed E-state index contributed by atoms with van der Waals surface area (Å²) in [4.78, 5) is 32.9. The van der Waals surface area contributed by atoms with Gasteiger partial charge in [-0.2, -0.15) is 0 Å². The Hall–Kier alpha value is -4.46. The van der Waals surface area contributed by atoms with Crippen LogP contribution in [0, 0.1) is 33.3 Å². The lowest BCUT2D eigenvalue weighted by Crippen LogP contribution is -2.70. The first-order valence-electron chi connectivity index (χ1n) is 19.9. The number of amides is 1. The van der Waals surface area contributed by atoms with Crippen molar-refractivity contribution >= 4 is 17.5 Å². The second-order valence-electron chi connectivity index (χ2n) is 16.3. The minimum atomic E-state index is -1.44. The minimum Gasteiger partial charge on any atom is -0.508 e. The second kappa shape index (κ2) is 19.1. The summed E-state index contributed by atoms with van der Waals surface area (Å²) < 4.78 is 20.0. The lowest BCUT2D eigenvalue weighted by Gasteiger charge is -2.59. The molecule has 6 atom stereocenters. The molecule has 1 fully saturated rings. The maximum absolute atomic E-state index is 14.3. The predicted molar refractivity (Wildman–Crippen MR) is 212 cm³/mol. The highest BCUT2D eigenvalue weighted by molar-refractivity contribution is 6.03. The number of hydrogen-bond acceptors (Lipinski definition) is 11. The monoisotopic (exact) mass is 777 g/mol. The molecule has 0 saturated heterocycles. The van der Waals surface area contributed by atoms with Crippen molar-refractivity contribution < 1.29 is 44.1 Å². The number of fused-ring (bicyclic) bond motifs is 2. The van der Waals surface area contributed by atoms with Gasteiger partial charge in [-0.1, -0.05) is 57.8 Å². The van der Waals surface area contributed by atoms with E-state index in [0.29, 0.717) is 42.8 Å². The number of nitro benzene ring substituents is 1. The fourth-order valence-electron chi connectivity index (χ4n) is 8.53. The number of rotatable bonds is 19. The van der Waals surface area contributed by atoms with Gasteiger partial charge in [0.2, 0.25) is 5.79 Å². The van der Waals surface area contributed by atoms with Crippen molar-refractivity contribution in [3.63, 3.8) is 0 Å². The quantitative estimate of drug-likeness (QED) is 0.0549. The Labute approximate surface area is 330 Å². The van der Waals surface area contributed by atoms with Crippen LogP contribution in [0.4, 0.5) is 10.5 Å². The molecule has 1 amide bonds. The number of benzene rings is 2. The fourth-order valence-corrected chi connectivity index (χ4v) is 8.53. The van der Waals surface area contributed by atoms with E-state index in [0.717, 1.165) is 36.8 Å². The average molecular weight is 778 g/mol. The number of aromatic hydroxyl groups is 1. The summed E-state index contributed by atoms with van der Waals surface area (Å²) in [6.07, 6.45) is 8.62. The van der Waals surface area contributed by atoms with Crippen molar-refractivity contribution in [3.8, 4) is 11.5 Å². The van der Waals surface area contributed by atoms with Crippen molar-refractivity contribution in [1.29, 1.82) is 0 Å². The standard InChI is InChI=1S/C43H59N3O10/c1-6-20-45(41(50)53-28-42(3,4)5)38-26-36(44-55-27-29-14-16-31(17-15-29)46(51)52)34-24-30(12-8-10-21-47)33(13-9-11-22-48)39-35-25-32(49)18-19-37(35)56-43(38,40(34)39)54-23-7-2/h7,14-19,24-25,30,33,38-40,47-49H,2,6,8-13,20-23,26-28H2,1,3-5H3. The number of ether oxygens (including phenoxy) is 3. The van der Waals surface area contributed by atoms with E-state index in [2.05, 4.69) is 12.7 Å². The molecule has 3 aliphatic rings. The number of non-ortho nitro benzene ring substituents is 1. The van der Waals surface area contributed by atoms with Gasteiger partial charge in [0, 0.05) is 49.8 Å². The number of unbranched alkanes of at least 4 members (excludes halogenated alkanes) is 2. The minimum absolute atomic E-state index is 0.0126. The lowest BCUT2D eigenvalue weighted by molar-refractivity contribution is -0.384. The number of phenolic OH excluding ortho intramolecular Hbond substituents is 1. The topological polar surface area (TPSA) is 173 Å². The molecule has 13 heteroatoms. The normalized spacial score (nSPS) is 24.6. The summed E-state index contributed by atoms with van der Waals surface area (Å²) in [5.41, 5.74) is 2.69. The third-order valence-corrected chi connectivity index (χ3v) is 10.9. The highest BCUT2D eigenvalue weighted by Crippen LogP contribution is 2.62.